The van der Waals surface area contributed by atoms with Crippen molar-refractivity contribution in [2.45, 2.75) is 52.1 Å². The Morgan fingerprint density at radius 1 is 1.30 bits per heavy atom. The molecule has 0 heterocycles. The van der Waals surface area contributed by atoms with Crippen molar-refractivity contribution in [2.24, 2.45) is 5.92 Å². The molecule has 1 aromatic carbocycles. The summed E-state index contributed by atoms with van der Waals surface area (Å²) in [6.07, 6.45) is 5.44. The van der Waals surface area contributed by atoms with Gasteiger partial charge in [-0.05, 0) is 43.0 Å². The number of hydrogen-bond acceptors (Lipinski definition) is 2. The quantitative estimate of drug-likeness (QED) is 0.816. The Balaban J connectivity index is 1.97. The first-order chi connectivity index (χ1) is 9.58. The van der Waals surface area contributed by atoms with E-state index in [1.807, 2.05) is 0 Å². The molecule has 0 atom stereocenters. The van der Waals surface area contributed by atoms with Crippen LogP contribution in [0.5, 0.6) is 0 Å². The van der Waals surface area contributed by atoms with Gasteiger partial charge in [-0.25, -0.2) is 0 Å². The molecule has 1 saturated carbocycles. The fourth-order valence-corrected chi connectivity index (χ4v) is 3.40. The highest BCUT2D eigenvalue weighted by Crippen LogP contribution is 2.29. The van der Waals surface area contributed by atoms with Crippen molar-refractivity contribution in [3.8, 4) is 0 Å². The standard InChI is InChI=1S/C17H27BrN2/c1-13(2)11-19-12-14-8-9-16(10-17(14)18)20(3)15-6-4-5-7-15/h8-10,13,15,19H,4-7,11-12H2,1-3H3. The summed E-state index contributed by atoms with van der Waals surface area (Å²) in [5.74, 6) is 0.696. The predicted octanol–water partition coefficient (Wildman–Crippen LogP) is 4.57. The van der Waals surface area contributed by atoms with E-state index < -0.39 is 0 Å². The number of nitrogens with one attached hydrogen (secondary N) is 1. The summed E-state index contributed by atoms with van der Waals surface area (Å²) in [5, 5.41) is 3.50. The molecule has 1 N–H and O–H groups in total. The minimum atomic E-state index is 0.696. The molecule has 0 aliphatic heterocycles. The number of hydrogen-bond donors (Lipinski definition) is 1. The molecule has 2 nitrogen and oxygen atoms in total. The zero-order valence-corrected chi connectivity index (χ0v) is 14.5. The van der Waals surface area contributed by atoms with Crippen LogP contribution in [-0.2, 0) is 6.54 Å². The zero-order chi connectivity index (χ0) is 14.5. The molecule has 112 valence electrons. The number of rotatable bonds is 6. The van der Waals surface area contributed by atoms with E-state index in [1.54, 1.807) is 0 Å². The highest BCUT2D eigenvalue weighted by atomic mass is 79.9. The molecule has 0 saturated heterocycles. The van der Waals surface area contributed by atoms with Crippen LogP contribution >= 0.6 is 15.9 Å². The smallest absolute Gasteiger partial charge is 0.0377 e. The van der Waals surface area contributed by atoms with Gasteiger partial charge >= 0.3 is 0 Å². The van der Waals surface area contributed by atoms with E-state index in [-0.39, 0.29) is 0 Å². The molecule has 0 radical (unpaired) electrons. The van der Waals surface area contributed by atoms with Crippen molar-refractivity contribution in [2.75, 3.05) is 18.5 Å². The molecule has 2 rings (SSSR count). The average molecular weight is 339 g/mol. The Bertz CT molecular complexity index is 425. The van der Waals surface area contributed by atoms with Crippen LogP contribution < -0.4 is 10.2 Å². The van der Waals surface area contributed by atoms with Gasteiger partial charge in [0.1, 0.15) is 0 Å². The van der Waals surface area contributed by atoms with E-state index in [9.17, 15) is 0 Å². The number of halogens is 1. The fraction of sp³-hybridized carbons (Fsp3) is 0.647. The first-order valence-electron chi connectivity index (χ1n) is 7.80. The largest absolute Gasteiger partial charge is 0.372 e. The molecule has 1 aliphatic carbocycles. The molecule has 0 spiro atoms. The number of anilines is 1. The summed E-state index contributed by atoms with van der Waals surface area (Å²) >= 11 is 3.72. The van der Waals surface area contributed by atoms with Crippen molar-refractivity contribution < 1.29 is 0 Å². The second kappa shape index (κ2) is 7.46. The predicted molar refractivity (Wildman–Crippen MR) is 91.3 cm³/mol. The lowest BCUT2D eigenvalue weighted by atomic mass is 10.1. The SMILES string of the molecule is CC(C)CNCc1ccc(N(C)C2CCCC2)cc1Br. The molecule has 0 bridgehead atoms. The third-order valence-electron chi connectivity index (χ3n) is 4.18. The summed E-state index contributed by atoms with van der Waals surface area (Å²) < 4.78 is 1.22. The van der Waals surface area contributed by atoms with Crippen molar-refractivity contribution >= 4 is 21.6 Å². The van der Waals surface area contributed by atoms with E-state index in [4.69, 9.17) is 0 Å². The normalized spacial score (nSPS) is 16.1. The van der Waals surface area contributed by atoms with E-state index >= 15 is 0 Å². The van der Waals surface area contributed by atoms with Crippen LogP contribution in [0.1, 0.15) is 45.1 Å². The maximum absolute atomic E-state index is 3.72. The third kappa shape index (κ3) is 4.23. The summed E-state index contributed by atoms with van der Waals surface area (Å²) in [5.41, 5.74) is 2.67. The van der Waals surface area contributed by atoms with E-state index in [1.165, 1.54) is 41.4 Å². The molecule has 3 heteroatoms. The maximum atomic E-state index is 3.72. The van der Waals surface area contributed by atoms with Gasteiger partial charge < -0.3 is 10.2 Å². The topological polar surface area (TPSA) is 15.3 Å². The molecule has 0 unspecified atom stereocenters. The third-order valence-corrected chi connectivity index (χ3v) is 4.92. The molecule has 1 aliphatic rings. The van der Waals surface area contributed by atoms with Crippen LogP contribution in [0.25, 0.3) is 0 Å². The van der Waals surface area contributed by atoms with Crippen LogP contribution in [0.4, 0.5) is 5.69 Å². The van der Waals surface area contributed by atoms with Crippen molar-refractivity contribution in [1.82, 2.24) is 5.32 Å². The molecular weight excluding hydrogens is 312 g/mol. The van der Waals surface area contributed by atoms with Gasteiger partial charge in [-0.2, -0.15) is 0 Å². The minimum Gasteiger partial charge on any atom is -0.372 e. The molecule has 0 aromatic heterocycles. The van der Waals surface area contributed by atoms with Gasteiger partial charge in [0.05, 0.1) is 0 Å². The fourth-order valence-electron chi connectivity index (χ4n) is 2.90. The van der Waals surface area contributed by atoms with Crippen LogP contribution in [0.3, 0.4) is 0 Å². The summed E-state index contributed by atoms with van der Waals surface area (Å²) in [6, 6.07) is 7.50. The van der Waals surface area contributed by atoms with E-state index in [2.05, 4.69) is 65.2 Å². The van der Waals surface area contributed by atoms with Crippen LogP contribution in [-0.4, -0.2) is 19.6 Å². The summed E-state index contributed by atoms with van der Waals surface area (Å²) in [6.45, 7) is 6.48. The Hall–Kier alpha value is -0.540. The highest BCUT2D eigenvalue weighted by molar-refractivity contribution is 9.10. The summed E-state index contributed by atoms with van der Waals surface area (Å²) in [4.78, 5) is 2.45. The second-order valence-electron chi connectivity index (χ2n) is 6.35. The molecule has 20 heavy (non-hydrogen) atoms. The van der Waals surface area contributed by atoms with Gasteiger partial charge in [0.25, 0.3) is 0 Å². The number of nitrogens with zero attached hydrogens (tertiary/aromatic N) is 1. The summed E-state index contributed by atoms with van der Waals surface area (Å²) in [7, 11) is 2.23. The van der Waals surface area contributed by atoms with Crippen LogP contribution in [0.2, 0.25) is 0 Å². The lowest BCUT2D eigenvalue weighted by Gasteiger charge is -2.27. The highest BCUT2D eigenvalue weighted by Gasteiger charge is 2.20. The molecule has 1 aromatic rings. The lowest BCUT2D eigenvalue weighted by Crippen LogP contribution is -2.28. The van der Waals surface area contributed by atoms with E-state index in [0.717, 1.165) is 19.1 Å². The molecular formula is C17H27BrN2. The zero-order valence-electron chi connectivity index (χ0n) is 13.0. The maximum Gasteiger partial charge on any atom is 0.0377 e. The second-order valence-corrected chi connectivity index (χ2v) is 7.20. The van der Waals surface area contributed by atoms with Gasteiger partial charge in [0, 0.05) is 29.8 Å². The Kier molecular flexibility index (Phi) is 5.91. The van der Waals surface area contributed by atoms with Gasteiger partial charge in [0.15, 0.2) is 0 Å². The van der Waals surface area contributed by atoms with Gasteiger partial charge in [-0.15, -0.1) is 0 Å². The minimum absolute atomic E-state index is 0.696. The van der Waals surface area contributed by atoms with Crippen molar-refractivity contribution in [3.63, 3.8) is 0 Å². The van der Waals surface area contributed by atoms with Gasteiger partial charge in [-0.1, -0.05) is 48.7 Å². The Morgan fingerprint density at radius 2 is 2.00 bits per heavy atom. The Morgan fingerprint density at radius 3 is 2.60 bits per heavy atom. The Labute approximate surface area is 132 Å². The molecule has 0 amide bonds. The van der Waals surface area contributed by atoms with Crippen molar-refractivity contribution in [1.29, 1.82) is 0 Å². The molecule has 1 fully saturated rings. The van der Waals surface area contributed by atoms with Crippen LogP contribution in [0.15, 0.2) is 22.7 Å². The first kappa shape index (κ1) is 15.8. The number of benzene rings is 1. The van der Waals surface area contributed by atoms with Crippen LogP contribution in [0, 0.1) is 5.92 Å². The van der Waals surface area contributed by atoms with Crippen molar-refractivity contribution in [3.05, 3.63) is 28.2 Å². The average Bonchev–Trinajstić information content (AvgIpc) is 2.93. The first-order valence-corrected chi connectivity index (χ1v) is 8.59. The van der Waals surface area contributed by atoms with E-state index in [0.29, 0.717) is 5.92 Å². The monoisotopic (exact) mass is 338 g/mol. The van der Waals surface area contributed by atoms with Gasteiger partial charge in [0.2, 0.25) is 0 Å². The van der Waals surface area contributed by atoms with Gasteiger partial charge in [-0.3, -0.25) is 0 Å². The lowest BCUT2D eigenvalue weighted by molar-refractivity contribution is 0.552.